The monoisotopic (exact) mass is 374 g/mol. The number of aliphatic hydroxyl groups excluding tert-OH is 1. The molecule has 0 aliphatic carbocycles. The topological polar surface area (TPSA) is 75.8 Å². The molecule has 1 aliphatic heterocycles. The van der Waals surface area contributed by atoms with Crippen LogP contribution in [0.3, 0.4) is 0 Å². The zero-order valence-corrected chi connectivity index (χ0v) is 14.8. The third-order valence-electron chi connectivity index (χ3n) is 4.74. The van der Waals surface area contributed by atoms with Crippen molar-refractivity contribution in [1.29, 1.82) is 0 Å². The van der Waals surface area contributed by atoms with E-state index in [1.54, 1.807) is 0 Å². The number of nitrogens with zero attached hydrogens (tertiary/aromatic N) is 1. The van der Waals surface area contributed by atoms with Crippen molar-refractivity contribution in [3.63, 3.8) is 0 Å². The molecule has 1 aromatic carbocycles. The molecule has 3 N–H and O–H groups in total. The minimum atomic E-state index is -4.44. The molecule has 0 radical (unpaired) electrons. The van der Waals surface area contributed by atoms with E-state index in [0.29, 0.717) is 43.4 Å². The molecule has 1 aliphatic rings. The molecule has 5 nitrogen and oxygen atoms in total. The number of anilines is 1. The number of hydrogen-bond acceptors (Lipinski definition) is 4. The number of ether oxygens (including phenoxy) is 1. The van der Waals surface area contributed by atoms with E-state index in [0.717, 1.165) is 18.6 Å². The first-order chi connectivity index (χ1) is 12.2. The zero-order chi connectivity index (χ0) is 19.4. The summed E-state index contributed by atoms with van der Waals surface area (Å²) >= 11 is 0. The lowest BCUT2D eigenvalue weighted by Gasteiger charge is -2.44. The van der Waals surface area contributed by atoms with Crippen LogP contribution in [0.5, 0.6) is 0 Å². The van der Waals surface area contributed by atoms with Gasteiger partial charge in [0.25, 0.3) is 0 Å². The summed E-state index contributed by atoms with van der Waals surface area (Å²) in [6, 6.07) is 3.33. The number of fused-ring (bicyclic) bond motifs is 1. The Morgan fingerprint density at radius 3 is 2.69 bits per heavy atom. The predicted molar refractivity (Wildman–Crippen MR) is 91.7 cm³/mol. The highest BCUT2D eigenvalue weighted by molar-refractivity contribution is 5.91. The largest absolute Gasteiger partial charge is 0.449 e. The van der Waals surface area contributed by atoms with Crippen molar-refractivity contribution in [2.75, 3.05) is 18.1 Å². The van der Waals surface area contributed by atoms with Crippen molar-refractivity contribution in [3.05, 3.63) is 29.3 Å². The number of unbranched alkanes of at least 4 members (excludes halogenated alkanes) is 2. The van der Waals surface area contributed by atoms with E-state index in [1.807, 2.05) is 6.92 Å². The number of carbonyl (C=O) groups excluding carboxylic acids is 1. The molecule has 1 atom stereocenters. The minimum absolute atomic E-state index is 0.0801. The lowest BCUT2D eigenvalue weighted by molar-refractivity contribution is -0.137. The van der Waals surface area contributed by atoms with Crippen LogP contribution < -0.4 is 10.6 Å². The van der Waals surface area contributed by atoms with Gasteiger partial charge in [-0.05, 0) is 62.3 Å². The number of aryl methyl sites for hydroxylation is 1. The average Bonchev–Trinajstić information content (AvgIpc) is 2.60. The van der Waals surface area contributed by atoms with Crippen molar-refractivity contribution >= 4 is 11.8 Å². The van der Waals surface area contributed by atoms with Crippen LogP contribution in [0.25, 0.3) is 0 Å². The summed E-state index contributed by atoms with van der Waals surface area (Å²) in [7, 11) is 0. The summed E-state index contributed by atoms with van der Waals surface area (Å²) in [4.78, 5) is 13.9. The quantitative estimate of drug-likeness (QED) is 0.742. The number of benzene rings is 1. The van der Waals surface area contributed by atoms with Gasteiger partial charge in [-0.3, -0.25) is 4.90 Å². The second-order valence-corrected chi connectivity index (χ2v) is 6.53. The lowest BCUT2D eigenvalue weighted by Crippen LogP contribution is -2.61. The SMILES string of the molecule is CCC1(N)CCc2cc(C(F)(F)F)ccc2N1C(=O)OCCCCCO. The van der Waals surface area contributed by atoms with Crippen LogP contribution in [-0.4, -0.2) is 30.1 Å². The fraction of sp³-hybridized carbons (Fsp3) is 0.611. The molecule has 2 rings (SSSR count). The van der Waals surface area contributed by atoms with Gasteiger partial charge in [-0.2, -0.15) is 13.2 Å². The first-order valence-electron chi connectivity index (χ1n) is 8.80. The summed E-state index contributed by atoms with van der Waals surface area (Å²) in [6.07, 6.45) is -1.97. The van der Waals surface area contributed by atoms with E-state index < -0.39 is 23.5 Å². The molecule has 1 unspecified atom stereocenters. The van der Waals surface area contributed by atoms with Crippen LogP contribution in [-0.2, 0) is 17.3 Å². The second-order valence-electron chi connectivity index (χ2n) is 6.53. The van der Waals surface area contributed by atoms with Gasteiger partial charge in [0, 0.05) is 6.61 Å². The molecule has 0 bridgehead atoms. The van der Waals surface area contributed by atoms with E-state index >= 15 is 0 Å². The summed E-state index contributed by atoms with van der Waals surface area (Å²) in [5.41, 5.74) is 5.44. The number of carbonyl (C=O) groups is 1. The van der Waals surface area contributed by atoms with E-state index in [4.69, 9.17) is 15.6 Å². The Morgan fingerprint density at radius 2 is 2.08 bits per heavy atom. The van der Waals surface area contributed by atoms with Crippen LogP contribution in [0.2, 0.25) is 0 Å². The summed E-state index contributed by atoms with van der Waals surface area (Å²) < 4.78 is 44.1. The van der Waals surface area contributed by atoms with Crippen molar-refractivity contribution in [3.8, 4) is 0 Å². The van der Waals surface area contributed by atoms with E-state index in [-0.39, 0.29) is 13.2 Å². The Hall–Kier alpha value is -1.80. The molecular weight excluding hydrogens is 349 g/mol. The third-order valence-corrected chi connectivity index (χ3v) is 4.74. The maximum atomic E-state index is 13.0. The molecule has 26 heavy (non-hydrogen) atoms. The summed E-state index contributed by atoms with van der Waals surface area (Å²) in [6.45, 7) is 2.08. The molecular formula is C18H25F3N2O3. The molecule has 0 fully saturated rings. The second kappa shape index (κ2) is 8.26. The van der Waals surface area contributed by atoms with Gasteiger partial charge in [0.05, 0.1) is 23.5 Å². The smallest absolute Gasteiger partial charge is 0.416 e. The highest BCUT2D eigenvalue weighted by atomic mass is 19.4. The molecule has 8 heteroatoms. The highest BCUT2D eigenvalue weighted by Gasteiger charge is 2.42. The Kier molecular flexibility index (Phi) is 6.52. The van der Waals surface area contributed by atoms with Crippen molar-refractivity contribution in [2.45, 2.75) is 57.3 Å². The van der Waals surface area contributed by atoms with Crippen LogP contribution >= 0.6 is 0 Å². The van der Waals surface area contributed by atoms with Crippen molar-refractivity contribution in [2.24, 2.45) is 5.73 Å². The number of nitrogens with two attached hydrogens (primary N) is 1. The molecule has 0 aromatic heterocycles. The van der Waals surface area contributed by atoms with Gasteiger partial charge in [0.2, 0.25) is 0 Å². The van der Waals surface area contributed by atoms with Crippen molar-refractivity contribution < 1.29 is 27.8 Å². The van der Waals surface area contributed by atoms with Gasteiger partial charge >= 0.3 is 12.3 Å². The van der Waals surface area contributed by atoms with Crippen LogP contribution in [0.15, 0.2) is 18.2 Å². The van der Waals surface area contributed by atoms with Gasteiger partial charge in [-0.15, -0.1) is 0 Å². The van der Waals surface area contributed by atoms with E-state index in [2.05, 4.69) is 0 Å². The normalized spacial score (nSPS) is 20.0. The Balaban J connectivity index is 2.23. The first kappa shape index (κ1) is 20.5. The van der Waals surface area contributed by atoms with E-state index in [9.17, 15) is 18.0 Å². The lowest BCUT2D eigenvalue weighted by atomic mass is 9.89. The molecule has 0 spiro atoms. The number of amides is 1. The number of hydrogen-bond donors (Lipinski definition) is 2. The standard InChI is InChI=1S/C18H25F3N2O3/c1-2-17(22)9-8-13-12-14(18(19,20)21)6-7-15(13)23(17)16(25)26-11-5-3-4-10-24/h6-7,12,24H,2-5,8-11,22H2,1H3. The maximum Gasteiger partial charge on any atom is 0.416 e. The number of aliphatic hydroxyl groups is 1. The number of halogens is 3. The van der Waals surface area contributed by atoms with Gasteiger partial charge in [-0.25, -0.2) is 4.79 Å². The molecule has 1 heterocycles. The molecule has 1 aromatic rings. The van der Waals surface area contributed by atoms with Gasteiger partial charge in [0.15, 0.2) is 0 Å². The molecule has 1 amide bonds. The van der Waals surface area contributed by atoms with Gasteiger partial charge in [0.1, 0.15) is 0 Å². The van der Waals surface area contributed by atoms with Crippen LogP contribution in [0.4, 0.5) is 23.7 Å². The van der Waals surface area contributed by atoms with Gasteiger partial charge < -0.3 is 15.6 Å². The first-order valence-corrected chi connectivity index (χ1v) is 8.80. The predicted octanol–water partition coefficient (Wildman–Crippen LogP) is 3.82. The third kappa shape index (κ3) is 4.48. The molecule has 0 saturated heterocycles. The maximum absolute atomic E-state index is 13.0. The number of alkyl halides is 3. The highest BCUT2D eigenvalue weighted by Crippen LogP contribution is 2.40. The fourth-order valence-corrected chi connectivity index (χ4v) is 3.11. The molecule has 146 valence electrons. The number of rotatable bonds is 6. The van der Waals surface area contributed by atoms with Crippen LogP contribution in [0.1, 0.15) is 50.2 Å². The van der Waals surface area contributed by atoms with E-state index in [1.165, 1.54) is 11.0 Å². The average molecular weight is 374 g/mol. The Morgan fingerprint density at radius 1 is 1.35 bits per heavy atom. The van der Waals surface area contributed by atoms with Crippen molar-refractivity contribution in [1.82, 2.24) is 0 Å². The Bertz CT molecular complexity index is 637. The Labute approximate surface area is 150 Å². The van der Waals surface area contributed by atoms with Gasteiger partial charge in [-0.1, -0.05) is 6.92 Å². The fourth-order valence-electron chi connectivity index (χ4n) is 3.11. The summed E-state index contributed by atoms with van der Waals surface area (Å²) in [5, 5.41) is 8.76. The zero-order valence-electron chi connectivity index (χ0n) is 14.8. The molecule has 0 saturated carbocycles. The summed E-state index contributed by atoms with van der Waals surface area (Å²) in [5.74, 6) is 0. The minimum Gasteiger partial charge on any atom is -0.449 e. The van der Waals surface area contributed by atoms with Crippen LogP contribution in [0, 0.1) is 0 Å².